The zero-order valence-electron chi connectivity index (χ0n) is 18.3. The van der Waals surface area contributed by atoms with Gasteiger partial charge >= 0.3 is 6.18 Å². The number of carbonyl (C=O) groups excluding carboxylic acids is 2. The average molecular weight is 500 g/mol. The molecule has 2 aromatic rings. The van der Waals surface area contributed by atoms with Crippen molar-refractivity contribution in [1.29, 1.82) is 0 Å². The lowest BCUT2D eigenvalue weighted by Gasteiger charge is -2.34. The van der Waals surface area contributed by atoms with Gasteiger partial charge in [0.2, 0.25) is 5.09 Å². The van der Waals surface area contributed by atoms with Crippen molar-refractivity contribution in [3.63, 3.8) is 0 Å². The first-order chi connectivity index (χ1) is 16.1. The molecule has 0 radical (unpaired) electrons. The molecule has 184 valence electrons. The van der Waals surface area contributed by atoms with Gasteiger partial charge in [0.15, 0.2) is 5.76 Å². The van der Waals surface area contributed by atoms with Crippen LogP contribution in [0.5, 0.6) is 0 Å². The summed E-state index contributed by atoms with van der Waals surface area (Å²) in [5.74, 6) is -1.44. The lowest BCUT2D eigenvalue weighted by molar-refractivity contribution is -0.138. The molecule has 34 heavy (non-hydrogen) atoms. The minimum atomic E-state index is -4.66. The fraction of sp³-hybridized carbons (Fsp3) is 0.455. The molecule has 4 rings (SSSR count). The smallest absolute Gasteiger partial charge is 0.417 e. The summed E-state index contributed by atoms with van der Waals surface area (Å²) in [4.78, 5) is 28.2. The Morgan fingerprint density at radius 3 is 2.00 bits per heavy atom. The number of alkyl halides is 3. The highest BCUT2D eigenvalue weighted by Gasteiger charge is 2.37. The summed E-state index contributed by atoms with van der Waals surface area (Å²) in [6.07, 6.45) is -2.16. The van der Waals surface area contributed by atoms with Crippen molar-refractivity contribution in [3.8, 4) is 0 Å². The molecule has 2 amide bonds. The molecule has 0 bridgehead atoms. The zero-order chi connectivity index (χ0) is 24.5. The van der Waals surface area contributed by atoms with E-state index in [1.165, 1.54) is 38.4 Å². The van der Waals surface area contributed by atoms with Crippen LogP contribution >= 0.6 is 0 Å². The van der Waals surface area contributed by atoms with Gasteiger partial charge in [-0.05, 0) is 37.1 Å². The maximum atomic E-state index is 13.3. The highest BCUT2D eigenvalue weighted by molar-refractivity contribution is 7.89. The minimum Gasteiger partial charge on any atom is -0.438 e. The molecule has 0 unspecified atom stereocenters. The van der Waals surface area contributed by atoms with Gasteiger partial charge in [0.05, 0.1) is 11.1 Å². The summed E-state index contributed by atoms with van der Waals surface area (Å²) in [5.41, 5.74) is -1.44. The van der Waals surface area contributed by atoms with Crippen LogP contribution in [0.25, 0.3) is 0 Å². The first-order valence-corrected chi connectivity index (χ1v) is 12.4. The van der Waals surface area contributed by atoms with Crippen LogP contribution in [0.2, 0.25) is 0 Å². The van der Waals surface area contributed by atoms with E-state index < -0.39 is 39.1 Å². The standard InChI is InChI=1S/C22H24F3N3O5S/c23-22(24,25)17-7-3-2-6-16(17)20(29)26-12-14-27(15-13-26)21(30)18-8-9-19(33-18)34(31,32)28-10-4-1-5-11-28/h2-3,6-9H,1,4-5,10-15H2. The Hall–Kier alpha value is -2.86. The second kappa shape index (κ2) is 9.41. The third-order valence-electron chi connectivity index (χ3n) is 6.02. The van der Waals surface area contributed by atoms with Crippen LogP contribution in [-0.2, 0) is 16.2 Å². The minimum absolute atomic E-state index is 0.0381. The Kier molecular flexibility index (Phi) is 6.72. The molecule has 0 N–H and O–H groups in total. The number of furan rings is 1. The second-order valence-electron chi connectivity index (χ2n) is 8.21. The van der Waals surface area contributed by atoms with Crippen molar-refractivity contribution in [2.45, 2.75) is 30.5 Å². The maximum absolute atomic E-state index is 13.3. The van der Waals surface area contributed by atoms with Gasteiger partial charge in [-0.3, -0.25) is 9.59 Å². The number of halogens is 3. The maximum Gasteiger partial charge on any atom is 0.417 e. The molecule has 0 spiro atoms. The molecule has 1 aromatic heterocycles. The fourth-order valence-electron chi connectivity index (χ4n) is 4.16. The Morgan fingerprint density at radius 1 is 0.794 bits per heavy atom. The monoisotopic (exact) mass is 499 g/mol. The molecule has 2 aliphatic rings. The Morgan fingerprint density at radius 2 is 1.38 bits per heavy atom. The summed E-state index contributed by atoms with van der Waals surface area (Å²) >= 11 is 0. The van der Waals surface area contributed by atoms with E-state index in [1.54, 1.807) is 0 Å². The number of piperazine rings is 1. The van der Waals surface area contributed by atoms with Gasteiger partial charge in [-0.15, -0.1) is 0 Å². The number of sulfonamides is 1. The molecular weight excluding hydrogens is 475 g/mol. The van der Waals surface area contributed by atoms with E-state index in [0.717, 1.165) is 31.4 Å². The summed E-state index contributed by atoms with van der Waals surface area (Å²) in [6.45, 7) is 1.04. The van der Waals surface area contributed by atoms with Gasteiger partial charge in [-0.2, -0.15) is 17.5 Å². The Labute approximate surface area is 195 Å². The number of hydrogen-bond acceptors (Lipinski definition) is 5. The van der Waals surface area contributed by atoms with Crippen LogP contribution in [0.4, 0.5) is 13.2 Å². The van der Waals surface area contributed by atoms with Gasteiger partial charge in [-0.1, -0.05) is 18.6 Å². The predicted molar refractivity (Wildman–Crippen MR) is 115 cm³/mol. The molecule has 3 heterocycles. The van der Waals surface area contributed by atoms with E-state index >= 15 is 0 Å². The van der Waals surface area contributed by atoms with Crippen LogP contribution in [0.15, 0.2) is 45.9 Å². The summed E-state index contributed by atoms with van der Waals surface area (Å²) < 4.78 is 72.0. The fourth-order valence-corrected chi connectivity index (χ4v) is 5.59. The number of rotatable bonds is 4. The van der Waals surface area contributed by atoms with Gasteiger partial charge in [-0.25, -0.2) is 8.42 Å². The zero-order valence-corrected chi connectivity index (χ0v) is 19.1. The topological polar surface area (TPSA) is 91.1 Å². The highest BCUT2D eigenvalue weighted by Crippen LogP contribution is 2.32. The summed E-state index contributed by atoms with van der Waals surface area (Å²) in [6, 6.07) is 7.14. The lowest BCUT2D eigenvalue weighted by atomic mass is 10.1. The average Bonchev–Trinajstić information content (AvgIpc) is 3.35. The van der Waals surface area contributed by atoms with E-state index in [2.05, 4.69) is 0 Å². The molecular formula is C22H24F3N3O5S. The Bertz CT molecular complexity index is 1160. The molecule has 12 heteroatoms. The number of carbonyl (C=O) groups is 2. The van der Waals surface area contributed by atoms with Crippen molar-refractivity contribution in [2.75, 3.05) is 39.3 Å². The number of nitrogens with zero attached hydrogens (tertiary/aromatic N) is 3. The van der Waals surface area contributed by atoms with Gasteiger partial charge < -0.3 is 14.2 Å². The molecule has 2 fully saturated rings. The largest absolute Gasteiger partial charge is 0.438 e. The van der Waals surface area contributed by atoms with E-state index in [4.69, 9.17) is 4.42 Å². The van der Waals surface area contributed by atoms with Crippen LogP contribution < -0.4 is 0 Å². The predicted octanol–water partition coefficient (Wildman–Crippen LogP) is 3.07. The number of hydrogen-bond donors (Lipinski definition) is 0. The van der Waals surface area contributed by atoms with Crippen molar-refractivity contribution in [3.05, 3.63) is 53.3 Å². The number of piperidine rings is 1. The Balaban J connectivity index is 1.41. The van der Waals surface area contributed by atoms with Crippen LogP contribution in [0, 0.1) is 0 Å². The third-order valence-corrected chi connectivity index (χ3v) is 7.79. The van der Waals surface area contributed by atoms with Crippen LogP contribution in [0.3, 0.4) is 0 Å². The molecule has 2 aliphatic heterocycles. The highest BCUT2D eigenvalue weighted by atomic mass is 32.2. The first-order valence-electron chi connectivity index (χ1n) is 10.9. The van der Waals surface area contributed by atoms with E-state index in [9.17, 15) is 31.2 Å². The van der Waals surface area contributed by atoms with Crippen molar-refractivity contribution >= 4 is 21.8 Å². The molecule has 0 atom stereocenters. The van der Waals surface area contributed by atoms with Crippen molar-refractivity contribution in [2.24, 2.45) is 0 Å². The third kappa shape index (κ3) is 4.83. The van der Waals surface area contributed by atoms with Gasteiger partial charge in [0, 0.05) is 39.3 Å². The SMILES string of the molecule is O=C(c1ccc(S(=O)(=O)N2CCCCC2)o1)N1CCN(C(=O)c2ccccc2C(F)(F)F)CC1. The number of amides is 2. The van der Waals surface area contributed by atoms with E-state index in [-0.39, 0.29) is 37.0 Å². The van der Waals surface area contributed by atoms with Gasteiger partial charge in [0.25, 0.3) is 21.8 Å². The summed E-state index contributed by atoms with van der Waals surface area (Å²) in [5, 5.41) is -0.296. The molecule has 0 aliphatic carbocycles. The molecule has 1 aromatic carbocycles. The quantitative estimate of drug-likeness (QED) is 0.645. The second-order valence-corrected chi connectivity index (χ2v) is 10.1. The van der Waals surface area contributed by atoms with Crippen LogP contribution in [-0.4, -0.2) is 73.6 Å². The van der Waals surface area contributed by atoms with Gasteiger partial charge in [0.1, 0.15) is 0 Å². The lowest BCUT2D eigenvalue weighted by Crippen LogP contribution is -2.50. The normalized spacial score (nSPS) is 18.2. The first kappa shape index (κ1) is 24.3. The summed E-state index contributed by atoms with van der Waals surface area (Å²) in [7, 11) is -3.82. The van der Waals surface area contributed by atoms with E-state index in [1.807, 2.05) is 0 Å². The van der Waals surface area contributed by atoms with E-state index in [0.29, 0.717) is 13.1 Å². The number of benzene rings is 1. The van der Waals surface area contributed by atoms with Crippen molar-refractivity contribution < 1.29 is 35.6 Å². The van der Waals surface area contributed by atoms with Crippen LogP contribution in [0.1, 0.15) is 45.7 Å². The molecule has 8 nitrogen and oxygen atoms in total. The molecule has 0 saturated carbocycles. The molecule has 2 saturated heterocycles. The van der Waals surface area contributed by atoms with Crippen molar-refractivity contribution in [1.82, 2.24) is 14.1 Å².